The Morgan fingerprint density at radius 1 is 1.13 bits per heavy atom. The van der Waals surface area contributed by atoms with Crippen LogP contribution in [0.25, 0.3) is 6.08 Å². The van der Waals surface area contributed by atoms with Gasteiger partial charge in [-0.3, -0.25) is 4.79 Å². The number of carbonyl (C=O) groups is 1. The highest BCUT2D eigenvalue weighted by Gasteiger charge is 2.14. The van der Waals surface area contributed by atoms with Crippen molar-refractivity contribution >= 4 is 62.9 Å². The molecule has 0 heterocycles. The molecule has 3 aromatic carbocycles. The van der Waals surface area contributed by atoms with Gasteiger partial charge in [-0.25, -0.2) is 4.39 Å². The van der Waals surface area contributed by atoms with Crippen LogP contribution in [-0.2, 0) is 11.4 Å². The van der Waals surface area contributed by atoms with Crippen LogP contribution in [0.2, 0.25) is 0 Å². The van der Waals surface area contributed by atoms with Crippen LogP contribution in [0.1, 0.15) is 16.7 Å². The second kappa shape index (κ2) is 10.7. The Morgan fingerprint density at radius 2 is 1.77 bits per heavy atom. The first kappa shape index (κ1) is 23.2. The van der Waals surface area contributed by atoms with Crippen molar-refractivity contribution in [3.8, 4) is 11.8 Å². The number of benzene rings is 3. The van der Waals surface area contributed by atoms with E-state index in [1.165, 1.54) is 29.8 Å². The van der Waals surface area contributed by atoms with Crippen LogP contribution in [0.5, 0.6) is 5.75 Å². The van der Waals surface area contributed by atoms with E-state index in [0.717, 1.165) is 18.5 Å². The smallest absolute Gasteiger partial charge is 0.266 e. The number of hydrogen-bond acceptors (Lipinski definition) is 3. The van der Waals surface area contributed by atoms with Gasteiger partial charge in [0.1, 0.15) is 29.8 Å². The van der Waals surface area contributed by atoms with Gasteiger partial charge in [0.15, 0.2) is 0 Å². The van der Waals surface area contributed by atoms with Crippen molar-refractivity contribution in [1.82, 2.24) is 0 Å². The number of nitriles is 1. The topological polar surface area (TPSA) is 62.1 Å². The summed E-state index contributed by atoms with van der Waals surface area (Å²) in [6.07, 6.45) is 1.48. The van der Waals surface area contributed by atoms with E-state index in [0.29, 0.717) is 12.2 Å². The third kappa shape index (κ3) is 6.27. The highest BCUT2D eigenvalue weighted by Crippen LogP contribution is 2.30. The summed E-state index contributed by atoms with van der Waals surface area (Å²) >= 11 is 4.33. The summed E-state index contributed by atoms with van der Waals surface area (Å²) in [5.41, 5.74) is 2.84. The second-order valence-corrected chi connectivity index (χ2v) is 9.02. The number of nitrogens with zero attached hydrogens (tertiary/aromatic N) is 1. The lowest BCUT2D eigenvalue weighted by Crippen LogP contribution is -2.14. The number of para-hydroxylation sites is 1. The molecule has 0 saturated carbocycles. The van der Waals surface area contributed by atoms with E-state index < -0.39 is 11.7 Å². The molecule has 31 heavy (non-hydrogen) atoms. The van der Waals surface area contributed by atoms with Gasteiger partial charge in [0, 0.05) is 0 Å². The first-order valence-electron chi connectivity index (χ1n) is 9.22. The Hall–Kier alpha value is -2.45. The van der Waals surface area contributed by atoms with Crippen LogP contribution in [0.15, 0.2) is 66.2 Å². The predicted octanol–water partition coefficient (Wildman–Crippen LogP) is 6.47. The van der Waals surface area contributed by atoms with Gasteiger partial charge >= 0.3 is 0 Å². The minimum Gasteiger partial charge on any atom is -0.487 e. The molecule has 0 atom stereocenters. The first-order valence-corrected chi connectivity index (χ1v) is 11.4. The first-order chi connectivity index (χ1) is 14.9. The zero-order chi connectivity index (χ0) is 22.4. The van der Waals surface area contributed by atoms with Gasteiger partial charge in [-0.1, -0.05) is 42.0 Å². The van der Waals surface area contributed by atoms with Crippen molar-refractivity contribution < 1.29 is 13.9 Å². The molecule has 0 spiro atoms. The third-order valence-corrected chi connectivity index (χ3v) is 5.93. The fourth-order valence-electron chi connectivity index (χ4n) is 2.71. The summed E-state index contributed by atoms with van der Waals surface area (Å²) in [6, 6.07) is 19.5. The molecule has 4 nitrogen and oxygen atoms in total. The van der Waals surface area contributed by atoms with Crippen LogP contribution in [0, 0.1) is 31.2 Å². The van der Waals surface area contributed by atoms with Gasteiger partial charge in [-0.15, -0.1) is 0 Å². The Balaban J connectivity index is 1.78. The summed E-state index contributed by atoms with van der Waals surface area (Å²) in [5, 5.41) is 11.9. The van der Waals surface area contributed by atoms with E-state index in [2.05, 4.69) is 50.5 Å². The monoisotopic (exact) mass is 638 g/mol. The summed E-state index contributed by atoms with van der Waals surface area (Å²) in [5.74, 6) is -0.488. The number of halogens is 3. The zero-order valence-corrected chi connectivity index (χ0v) is 20.8. The molecule has 0 saturated heterocycles. The minimum atomic E-state index is -0.669. The highest BCUT2D eigenvalue weighted by atomic mass is 127. The van der Waals surface area contributed by atoms with Crippen molar-refractivity contribution in [1.29, 1.82) is 5.26 Å². The lowest BCUT2D eigenvalue weighted by Gasteiger charge is -2.12. The lowest BCUT2D eigenvalue weighted by molar-refractivity contribution is -0.112. The molecule has 0 aliphatic rings. The number of hydrogen-bond donors (Lipinski definition) is 1. The highest BCUT2D eigenvalue weighted by molar-refractivity contribution is 14.1. The number of anilines is 1. The van der Waals surface area contributed by atoms with Crippen LogP contribution >= 0.6 is 45.2 Å². The molecule has 1 amide bonds. The Bertz CT molecular complexity index is 1160. The number of carbonyl (C=O) groups excluding carboxylic acids is 1. The SMILES string of the molecule is Cc1ccc(COc2c(I)cc(/C=C(/C#N)C(=O)Nc3ccccc3F)cc2I)cc1. The maximum absolute atomic E-state index is 13.8. The largest absolute Gasteiger partial charge is 0.487 e. The van der Waals surface area contributed by atoms with Gasteiger partial charge < -0.3 is 10.1 Å². The number of rotatable bonds is 6. The van der Waals surface area contributed by atoms with E-state index in [4.69, 9.17) is 4.74 Å². The maximum Gasteiger partial charge on any atom is 0.266 e. The second-order valence-electron chi connectivity index (χ2n) is 6.69. The van der Waals surface area contributed by atoms with Crippen molar-refractivity contribution in [2.45, 2.75) is 13.5 Å². The quantitative estimate of drug-likeness (QED) is 0.192. The van der Waals surface area contributed by atoms with Crippen LogP contribution in [0.4, 0.5) is 10.1 Å². The standard InChI is InChI=1S/C24H17FI2N2O2/c1-15-6-8-16(9-7-15)14-31-23-20(26)11-17(12-21(23)27)10-18(13-28)24(30)29-22-5-3-2-4-19(22)25/h2-12H,14H2,1H3,(H,29,30)/b18-10-. The molecule has 156 valence electrons. The van der Waals surface area contributed by atoms with E-state index in [1.54, 1.807) is 6.07 Å². The number of amides is 1. The van der Waals surface area contributed by atoms with E-state index in [9.17, 15) is 14.4 Å². The molecule has 0 radical (unpaired) electrons. The molecule has 3 aromatic rings. The number of ether oxygens (including phenoxy) is 1. The summed E-state index contributed by atoms with van der Waals surface area (Å²) < 4.78 is 21.5. The average Bonchev–Trinajstić information content (AvgIpc) is 2.74. The molecule has 1 N–H and O–H groups in total. The third-order valence-electron chi connectivity index (χ3n) is 4.32. The number of aryl methyl sites for hydroxylation is 1. The van der Waals surface area contributed by atoms with Crippen molar-refractivity contribution in [2.75, 3.05) is 5.32 Å². The Labute approximate surface area is 207 Å². The van der Waals surface area contributed by atoms with Gasteiger partial charge in [-0.2, -0.15) is 5.26 Å². The molecule has 0 unspecified atom stereocenters. The molecular formula is C24H17FI2N2O2. The fourth-order valence-corrected chi connectivity index (χ4v) is 4.84. The van der Waals surface area contributed by atoms with Crippen LogP contribution in [0.3, 0.4) is 0 Å². The van der Waals surface area contributed by atoms with Crippen molar-refractivity contribution in [3.63, 3.8) is 0 Å². The molecule has 0 fully saturated rings. The average molecular weight is 638 g/mol. The van der Waals surface area contributed by atoms with Crippen molar-refractivity contribution in [2.24, 2.45) is 0 Å². The molecule has 0 aliphatic carbocycles. The van der Waals surface area contributed by atoms with Crippen LogP contribution < -0.4 is 10.1 Å². The molecule has 0 aromatic heterocycles. The molecule has 0 bridgehead atoms. The minimum absolute atomic E-state index is 0.0256. The predicted molar refractivity (Wildman–Crippen MR) is 136 cm³/mol. The van der Waals surface area contributed by atoms with E-state index in [-0.39, 0.29) is 11.3 Å². The molecule has 7 heteroatoms. The van der Waals surface area contributed by atoms with Gasteiger partial charge in [0.2, 0.25) is 0 Å². The molecular weight excluding hydrogens is 621 g/mol. The normalized spacial score (nSPS) is 11.0. The molecule has 0 aliphatic heterocycles. The molecule has 3 rings (SSSR count). The van der Waals surface area contributed by atoms with Crippen LogP contribution in [-0.4, -0.2) is 5.91 Å². The summed E-state index contributed by atoms with van der Waals surface area (Å²) in [6.45, 7) is 2.48. The lowest BCUT2D eigenvalue weighted by atomic mass is 10.1. The van der Waals surface area contributed by atoms with E-state index >= 15 is 0 Å². The zero-order valence-electron chi connectivity index (χ0n) is 16.5. The van der Waals surface area contributed by atoms with E-state index in [1.807, 2.05) is 49.4 Å². The van der Waals surface area contributed by atoms with Gasteiger partial charge in [0.25, 0.3) is 5.91 Å². The van der Waals surface area contributed by atoms with Gasteiger partial charge in [-0.05, 0) is 93.6 Å². The Kier molecular flexibility index (Phi) is 8.03. The Morgan fingerprint density at radius 3 is 2.39 bits per heavy atom. The number of nitrogens with one attached hydrogen (secondary N) is 1. The fraction of sp³-hybridized carbons (Fsp3) is 0.0833. The summed E-state index contributed by atoms with van der Waals surface area (Å²) in [7, 11) is 0. The maximum atomic E-state index is 13.8. The summed E-state index contributed by atoms with van der Waals surface area (Å²) in [4.78, 5) is 12.4. The van der Waals surface area contributed by atoms with Gasteiger partial charge in [0.05, 0.1) is 12.8 Å². The van der Waals surface area contributed by atoms with Crippen molar-refractivity contribution in [3.05, 3.63) is 95.9 Å².